The molecule has 0 aliphatic rings. The first-order chi connectivity index (χ1) is 8.65. The molecule has 0 aromatic heterocycles. The average Bonchev–Trinajstić information content (AvgIpc) is 2.43. The highest BCUT2D eigenvalue weighted by atomic mass is 16.5. The average molecular weight is 253 g/mol. The molecule has 0 aliphatic heterocycles. The molecular weight excluding hydrogens is 230 g/mol. The topological polar surface area (TPSA) is 50.7 Å². The molecule has 1 unspecified atom stereocenters. The first kappa shape index (κ1) is 14.8. The van der Waals surface area contributed by atoms with E-state index in [-0.39, 0.29) is 18.7 Å². The summed E-state index contributed by atoms with van der Waals surface area (Å²) in [5, 5.41) is 12.6. The van der Waals surface area contributed by atoms with E-state index in [1.54, 1.807) is 14.2 Å². The Morgan fingerprint density at radius 1 is 1.22 bits per heavy atom. The summed E-state index contributed by atoms with van der Waals surface area (Å²) in [6.45, 7) is 4.27. The minimum absolute atomic E-state index is 0.119. The van der Waals surface area contributed by atoms with E-state index in [2.05, 4.69) is 19.2 Å². The van der Waals surface area contributed by atoms with Gasteiger partial charge in [-0.1, -0.05) is 13.0 Å². The second-order valence-corrected chi connectivity index (χ2v) is 4.29. The third kappa shape index (κ3) is 3.62. The number of nitrogens with one attached hydrogen (secondary N) is 1. The fraction of sp³-hybridized carbons (Fsp3) is 0.571. The van der Waals surface area contributed by atoms with Crippen LogP contribution in [0.5, 0.6) is 11.5 Å². The van der Waals surface area contributed by atoms with Gasteiger partial charge in [0.1, 0.15) is 0 Å². The Bertz CT molecular complexity index is 364. The molecule has 2 atom stereocenters. The molecule has 1 aromatic carbocycles. The number of rotatable bonds is 7. The molecule has 0 spiro atoms. The minimum atomic E-state index is 0.119. The highest BCUT2D eigenvalue weighted by Crippen LogP contribution is 2.29. The SMILES string of the molecule is CC[C@H](CO)NC(C)c1ccc(OC)c(OC)c1. The molecule has 0 radical (unpaired) electrons. The van der Waals surface area contributed by atoms with Gasteiger partial charge in [-0.3, -0.25) is 0 Å². The lowest BCUT2D eigenvalue weighted by Gasteiger charge is -2.21. The Morgan fingerprint density at radius 2 is 1.89 bits per heavy atom. The molecule has 4 heteroatoms. The summed E-state index contributed by atoms with van der Waals surface area (Å²) >= 11 is 0. The van der Waals surface area contributed by atoms with Crippen LogP contribution in [-0.2, 0) is 0 Å². The number of benzene rings is 1. The number of aliphatic hydroxyl groups excluding tert-OH is 1. The van der Waals surface area contributed by atoms with Crippen molar-refractivity contribution in [3.05, 3.63) is 23.8 Å². The van der Waals surface area contributed by atoms with Crippen LogP contribution < -0.4 is 14.8 Å². The van der Waals surface area contributed by atoms with E-state index in [9.17, 15) is 5.11 Å². The van der Waals surface area contributed by atoms with Crippen molar-refractivity contribution in [2.45, 2.75) is 32.4 Å². The van der Waals surface area contributed by atoms with Crippen LogP contribution in [0.25, 0.3) is 0 Å². The Labute approximate surface area is 109 Å². The monoisotopic (exact) mass is 253 g/mol. The summed E-state index contributed by atoms with van der Waals surface area (Å²) in [6, 6.07) is 6.13. The summed E-state index contributed by atoms with van der Waals surface area (Å²) in [4.78, 5) is 0. The zero-order chi connectivity index (χ0) is 13.5. The summed E-state index contributed by atoms with van der Waals surface area (Å²) in [6.07, 6.45) is 0.897. The van der Waals surface area contributed by atoms with Crippen molar-refractivity contribution in [3.63, 3.8) is 0 Å². The normalized spacial score (nSPS) is 14.1. The molecular formula is C14H23NO3. The van der Waals surface area contributed by atoms with Crippen molar-refractivity contribution in [2.75, 3.05) is 20.8 Å². The standard InChI is InChI=1S/C14H23NO3/c1-5-12(9-16)15-10(2)11-6-7-13(17-3)14(8-11)18-4/h6-8,10,12,15-16H,5,9H2,1-4H3/t10?,12-/m1/s1. The molecule has 102 valence electrons. The van der Waals surface area contributed by atoms with Crippen LogP contribution in [0.2, 0.25) is 0 Å². The number of ether oxygens (including phenoxy) is 2. The van der Waals surface area contributed by atoms with Crippen LogP contribution in [0.4, 0.5) is 0 Å². The zero-order valence-corrected chi connectivity index (χ0v) is 11.6. The molecule has 0 saturated carbocycles. The number of hydrogen-bond acceptors (Lipinski definition) is 4. The van der Waals surface area contributed by atoms with E-state index in [0.29, 0.717) is 0 Å². The lowest BCUT2D eigenvalue weighted by atomic mass is 10.1. The second kappa shape index (κ2) is 7.24. The first-order valence-electron chi connectivity index (χ1n) is 6.25. The molecule has 0 heterocycles. The predicted octanol–water partition coefficient (Wildman–Crippen LogP) is 2.13. The molecule has 1 aromatic rings. The van der Waals surface area contributed by atoms with Gasteiger partial charge in [-0.25, -0.2) is 0 Å². The van der Waals surface area contributed by atoms with Gasteiger partial charge in [-0.15, -0.1) is 0 Å². The van der Waals surface area contributed by atoms with E-state index in [1.807, 2.05) is 18.2 Å². The van der Waals surface area contributed by atoms with Crippen LogP contribution in [0.3, 0.4) is 0 Å². The van der Waals surface area contributed by atoms with Gasteiger partial charge in [0.15, 0.2) is 11.5 Å². The quantitative estimate of drug-likeness (QED) is 0.781. The van der Waals surface area contributed by atoms with Crippen molar-refractivity contribution in [1.82, 2.24) is 5.32 Å². The minimum Gasteiger partial charge on any atom is -0.493 e. The summed E-state index contributed by atoms with van der Waals surface area (Å²) in [5.74, 6) is 1.45. The van der Waals surface area contributed by atoms with Gasteiger partial charge < -0.3 is 19.9 Å². The van der Waals surface area contributed by atoms with E-state index in [1.165, 1.54) is 0 Å². The number of methoxy groups -OCH3 is 2. The third-order valence-corrected chi connectivity index (χ3v) is 3.11. The molecule has 1 rings (SSSR count). The molecule has 0 fully saturated rings. The smallest absolute Gasteiger partial charge is 0.161 e. The highest BCUT2D eigenvalue weighted by molar-refractivity contribution is 5.43. The lowest BCUT2D eigenvalue weighted by Crippen LogP contribution is -2.33. The van der Waals surface area contributed by atoms with Gasteiger partial charge in [0.25, 0.3) is 0 Å². The molecule has 4 nitrogen and oxygen atoms in total. The number of hydrogen-bond donors (Lipinski definition) is 2. The van der Waals surface area contributed by atoms with E-state index >= 15 is 0 Å². The molecule has 0 bridgehead atoms. The fourth-order valence-corrected chi connectivity index (χ4v) is 1.87. The van der Waals surface area contributed by atoms with Gasteiger partial charge >= 0.3 is 0 Å². The maximum Gasteiger partial charge on any atom is 0.161 e. The maximum atomic E-state index is 9.20. The molecule has 0 amide bonds. The molecule has 0 aliphatic carbocycles. The van der Waals surface area contributed by atoms with E-state index in [4.69, 9.17) is 9.47 Å². The van der Waals surface area contributed by atoms with Crippen LogP contribution in [0.15, 0.2) is 18.2 Å². The second-order valence-electron chi connectivity index (χ2n) is 4.29. The Kier molecular flexibility index (Phi) is 5.95. The van der Waals surface area contributed by atoms with Crippen molar-refractivity contribution in [3.8, 4) is 11.5 Å². The largest absolute Gasteiger partial charge is 0.493 e. The van der Waals surface area contributed by atoms with E-state index < -0.39 is 0 Å². The van der Waals surface area contributed by atoms with Crippen molar-refractivity contribution in [1.29, 1.82) is 0 Å². The predicted molar refractivity (Wildman–Crippen MR) is 72.3 cm³/mol. The van der Waals surface area contributed by atoms with Gasteiger partial charge in [-0.2, -0.15) is 0 Å². The van der Waals surface area contributed by atoms with Gasteiger partial charge in [0.2, 0.25) is 0 Å². The van der Waals surface area contributed by atoms with Gasteiger partial charge in [0.05, 0.1) is 20.8 Å². The Hall–Kier alpha value is -1.26. The maximum absolute atomic E-state index is 9.20. The molecule has 0 saturated heterocycles. The van der Waals surface area contributed by atoms with E-state index in [0.717, 1.165) is 23.5 Å². The van der Waals surface area contributed by atoms with Crippen LogP contribution in [-0.4, -0.2) is 32.0 Å². The van der Waals surface area contributed by atoms with Crippen LogP contribution in [0.1, 0.15) is 31.9 Å². The molecule has 18 heavy (non-hydrogen) atoms. The Balaban J connectivity index is 2.82. The van der Waals surface area contributed by atoms with Crippen molar-refractivity contribution < 1.29 is 14.6 Å². The first-order valence-corrected chi connectivity index (χ1v) is 6.25. The highest BCUT2D eigenvalue weighted by Gasteiger charge is 2.13. The van der Waals surface area contributed by atoms with Gasteiger partial charge in [0, 0.05) is 12.1 Å². The van der Waals surface area contributed by atoms with Crippen LogP contribution in [0, 0.1) is 0 Å². The Morgan fingerprint density at radius 3 is 2.39 bits per heavy atom. The fourth-order valence-electron chi connectivity index (χ4n) is 1.87. The third-order valence-electron chi connectivity index (χ3n) is 3.11. The van der Waals surface area contributed by atoms with Crippen molar-refractivity contribution >= 4 is 0 Å². The number of aliphatic hydroxyl groups is 1. The summed E-state index contributed by atoms with van der Waals surface area (Å²) < 4.78 is 10.5. The van der Waals surface area contributed by atoms with Crippen LogP contribution >= 0.6 is 0 Å². The molecule has 2 N–H and O–H groups in total. The zero-order valence-electron chi connectivity index (χ0n) is 11.6. The summed E-state index contributed by atoms with van der Waals surface area (Å²) in [5.41, 5.74) is 1.11. The van der Waals surface area contributed by atoms with Gasteiger partial charge in [-0.05, 0) is 31.0 Å². The van der Waals surface area contributed by atoms with Crippen molar-refractivity contribution in [2.24, 2.45) is 0 Å². The lowest BCUT2D eigenvalue weighted by molar-refractivity contribution is 0.230. The summed E-state index contributed by atoms with van der Waals surface area (Å²) in [7, 11) is 3.25.